The van der Waals surface area contributed by atoms with E-state index in [1.165, 1.54) is 15.9 Å². The first-order valence-corrected chi connectivity index (χ1v) is 12.8. The van der Waals surface area contributed by atoms with Crippen molar-refractivity contribution in [1.29, 1.82) is 0 Å². The summed E-state index contributed by atoms with van der Waals surface area (Å²) in [4.78, 5) is 31.7. The fourth-order valence-electron chi connectivity index (χ4n) is 3.91. The minimum absolute atomic E-state index is 0.186. The molecule has 0 unspecified atom stereocenters. The lowest BCUT2D eigenvalue weighted by Gasteiger charge is -2.25. The molecule has 10 heteroatoms. The summed E-state index contributed by atoms with van der Waals surface area (Å²) < 4.78 is 12.9. The Kier molecular flexibility index (Phi) is 7.71. The standard InChI is InChI=1S/C25H21Cl3N2O4S/c1-4-33-22-14(10-15(26)12-18(22)28)11-19-23(31)30-21(16-8-6-7-9-17(16)27)20(24(32)34-5-2)13(3)29-25(30)35-19/h6-12,21H,4-5H2,1-3H3/b19-11-/t21-/m1/s1. The van der Waals surface area contributed by atoms with Gasteiger partial charge in [-0.05, 0) is 50.6 Å². The molecule has 182 valence electrons. The maximum atomic E-state index is 13.7. The molecule has 1 aliphatic rings. The predicted octanol–water partition coefficient (Wildman–Crippen LogP) is 5.16. The summed E-state index contributed by atoms with van der Waals surface area (Å²) in [5.74, 6) is -0.122. The average Bonchev–Trinajstić information content (AvgIpc) is 3.10. The number of aromatic nitrogens is 1. The Morgan fingerprint density at radius 3 is 2.57 bits per heavy atom. The Bertz CT molecular complexity index is 1520. The molecule has 0 amide bonds. The topological polar surface area (TPSA) is 69.9 Å². The Labute approximate surface area is 220 Å². The normalized spacial score (nSPS) is 15.6. The van der Waals surface area contributed by atoms with Crippen LogP contribution in [0.25, 0.3) is 6.08 Å². The number of ether oxygens (including phenoxy) is 2. The Balaban J connectivity index is 2.00. The molecule has 0 aliphatic carbocycles. The van der Waals surface area contributed by atoms with E-state index in [4.69, 9.17) is 44.3 Å². The number of allylic oxidation sites excluding steroid dienone is 1. The van der Waals surface area contributed by atoms with Gasteiger partial charge in [-0.2, -0.15) is 0 Å². The van der Waals surface area contributed by atoms with Crippen molar-refractivity contribution in [2.24, 2.45) is 4.99 Å². The Hall–Kier alpha value is -2.58. The van der Waals surface area contributed by atoms with Gasteiger partial charge in [-0.15, -0.1) is 0 Å². The molecule has 0 radical (unpaired) electrons. The number of thiazole rings is 1. The zero-order valence-corrected chi connectivity index (χ0v) is 22.2. The second kappa shape index (κ2) is 10.6. The number of carbonyl (C=O) groups excluding carboxylic acids is 1. The van der Waals surface area contributed by atoms with Crippen molar-refractivity contribution < 1.29 is 14.3 Å². The van der Waals surface area contributed by atoms with Crippen molar-refractivity contribution in [3.8, 4) is 5.75 Å². The molecule has 3 aromatic rings. The first-order chi connectivity index (χ1) is 16.8. The third-order valence-electron chi connectivity index (χ3n) is 5.33. The van der Waals surface area contributed by atoms with Crippen LogP contribution in [0.5, 0.6) is 5.75 Å². The van der Waals surface area contributed by atoms with Crippen molar-refractivity contribution in [2.75, 3.05) is 13.2 Å². The quantitative estimate of drug-likeness (QED) is 0.397. The number of nitrogens with zero attached hydrogens (tertiary/aromatic N) is 2. The fourth-order valence-corrected chi connectivity index (χ4v) is 5.75. The molecule has 0 spiro atoms. The van der Waals surface area contributed by atoms with Crippen molar-refractivity contribution in [2.45, 2.75) is 26.8 Å². The van der Waals surface area contributed by atoms with Crippen LogP contribution in [0.15, 0.2) is 57.5 Å². The summed E-state index contributed by atoms with van der Waals surface area (Å²) in [6.45, 7) is 5.85. The first kappa shape index (κ1) is 25.5. The van der Waals surface area contributed by atoms with Crippen LogP contribution in [-0.2, 0) is 9.53 Å². The zero-order chi connectivity index (χ0) is 25.3. The van der Waals surface area contributed by atoms with Crippen LogP contribution in [0.1, 0.15) is 37.9 Å². The van der Waals surface area contributed by atoms with Gasteiger partial charge in [-0.25, -0.2) is 9.79 Å². The summed E-state index contributed by atoms with van der Waals surface area (Å²) in [7, 11) is 0. The molecular formula is C25H21Cl3N2O4S. The lowest BCUT2D eigenvalue weighted by molar-refractivity contribution is -0.139. The molecule has 0 fully saturated rings. The highest BCUT2D eigenvalue weighted by molar-refractivity contribution is 7.07. The number of benzene rings is 2. The molecule has 4 rings (SSSR count). The molecule has 6 nitrogen and oxygen atoms in total. The van der Waals surface area contributed by atoms with Gasteiger partial charge in [0.1, 0.15) is 11.8 Å². The number of rotatable bonds is 6. The van der Waals surface area contributed by atoms with E-state index in [2.05, 4.69) is 4.99 Å². The Morgan fingerprint density at radius 2 is 1.89 bits per heavy atom. The van der Waals surface area contributed by atoms with Crippen LogP contribution in [0.2, 0.25) is 15.1 Å². The van der Waals surface area contributed by atoms with E-state index in [1.54, 1.807) is 56.3 Å². The number of esters is 1. The molecule has 2 aromatic carbocycles. The molecule has 35 heavy (non-hydrogen) atoms. The summed E-state index contributed by atoms with van der Waals surface area (Å²) >= 11 is 20.3. The highest BCUT2D eigenvalue weighted by atomic mass is 35.5. The van der Waals surface area contributed by atoms with Crippen LogP contribution in [0.4, 0.5) is 0 Å². The van der Waals surface area contributed by atoms with Crippen molar-refractivity contribution in [1.82, 2.24) is 4.57 Å². The van der Waals surface area contributed by atoms with Gasteiger partial charge in [-0.3, -0.25) is 9.36 Å². The van der Waals surface area contributed by atoms with Gasteiger partial charge in [0.2, 0.25) is 0 Å². The summed E-state index contributed by atoms with van der Waals surface area (Å²) in [6.07, 6.45) is 1.67. The minimum Gasteiger partial charge on any atom is -0.492 e. The third kappa shape index (κ3) is 4.91. The highest BCUT2D eigenvalue weighted by Gasteiger charge is 2.34. The first-order valence-electron chi connectivity index (χ1n) is 10.8. The molecule has 2 heterocycles. The molecule has 1 aliphatic heterocycles. The van der Waals surface area contributed by atoms with Crippen molar-refractivity contribution in [3.63, 3.8) is 0 Å². The van der Waals surface area contributed by atoms with Gasteiger partial charge in [0.25, 0.3) is 5.56 Å². The predicted molar refractivity (Wildman–Crippen MR) is 139 cm³/mol. The molecule has 0 bridgehead atoms. The summed E-state index contributed by atoms with van der Waals surface area (Å²) in [5.41, 5.74) is 1.54. The third-order valence-corrected chi connectivity index (χ3v) is 7.16. The van der Waals surface area contributed by atoms with E-state index in [0.29, 0.717) is 53.6 Å². The molecule has 0 saturated heterocycles. The number of halogens is 3. The zero-order valence-electron chi connectivity index (χ0n) is 19.1. The summed E-state index contributed by atoms with van der Waals surface area (Å²) in [5, 5.41) is 1.17. The molecule has 1 atom stereocenters. The van der Waals surface area contributed by atoms with E-state index >= 15 is 0 Å². The van der Waals surface area contributed by atoms with Gasteiger partial charge in [0, 0.05) is 15.6 Å². The van der Waals surface area contributed by atoms with Crippen LogP contribution in [-0.4, -0.2) is 23.8 Å². The van der Waals surface area contributed by atoms with E-state index in [-0.39, 0.29) is 17.7 Å². The van der Waals surface area contributed by atoms with Crippen molar-refractivity contribution in [3.05, 3.63) is 93.6 Å². The monoisotopic (exact) mass is 550 g/mol. The fraction of sp³-hybridized carbons (Fsp3) is 0.240. The van der Waals surface area contributed by atoms with Crippen LogP contribution < -0.4 is 19.6 Å². The van der Waals surface area contributed by atoms with E-state index in [0.717, 1.165) is 0 Å². The number of hydrogen-bond donors (Lipinski definition) is 0. The van der Waals surface area contributed by atoms with Crippen LogP contribution in [0.3, 0.4) is 0 Å². The second-order valence-electron chi connectivity index (χ2n) is 7.56. The molecule has 1 aromatic heterocycles. The van der Waals surface area contributed by atoms with Crippen LogP contribution in [0, 0.1) is 0 Å². The van der Waals surface area contributed by atoms with Crippen molar-refractivity contribution >= 4 is 58.2 Å². The lowest BCUT2D eigenvalue weighted by Crippen LogP contribution is -2.40. The van der Waals surface area contributed by atoms with E-state index in [9.17, 15) is 9.59 Å². The second-order valence-corrected chi connectivity index (χ2v) is 9.82. The highest BCUT2D eigenvalue weighted by Crippen LogP contribution is 2.35. The van der Waals surface area contributed by atoms with E-state index < -0.39 is 12.0 Å². The Morgan fingerprint density at radius 1 is 1.14 bits per heavy atom. The number of carbonyl (C=O) groups is 1. The maximum absolute atomic E-state index is 13.7. The largest absolute Gasteiger partial charge is 0.492 e. The molecular weight excluding hydrogens is 531 g/mol. The lowest BCUT2D eigenvalue weighted by atomic mass is 9.96. The van der Waals surface area contributed by atoms with Gasteiger partial charge < -0.3 is 9.47 Å². The smallest absolute Gasteiger partial charge is 0.338 e. The SMILES string of the molecule is CCOC(=O)C1=C(C)N=c2s/c(=C\c3cc(Cl)cc(Cl)c3OCC)c(=O)n2[C@@H]1c1ccccc1Cl. The molecule has 0 saturated carbocycles. The van der Waals surface area contributed by atoms with Gasteiger partial charge >= 0.3 is 5.97 Å². The number of fused-ring (bicyclic) bond motifs is 1. The minimum atomic E-state index is -0.796. The van der Waals surface area contributed by atoms with Crippen LogP contribution >= 0.6 is 46.1 Å². The van der Waals surface area contributed by atoms with E-state index in [1.807, 2.05) is 6.92 Å². The summed E-state index contributed by atoms with van der Waals surface area (Å²) in [6, 6.07) is 9.55. The van der Waals surface area contributed by atoms with Gasteiger partial charge in [0.05, 0.1) is 34.0 Å². The van der Waals surface area contributed by atoms with Gasteiger partial charge in [0.15, 0.2) is 4.80 Å². The maximum Gasteiger partial charge on any atom is 0.338 e. The molecule has 0 N–H and O–H groups in total. The number of hydrogen-bond acceptors (Lipinski definition) is 6. The average molecular weight is 552 g/mol. The van der Waals surface area contributed by atoms with Gasteiger partial charge in [-0.1, -0.05) is 64.3 Å².